The third-order valence-electron chi connectivity index (χ3n) is 3.28. The molecule has 0 spiro atoms. The van der Waals surface area contributed by atoms with Crippen molar-refractivity contribution >= 4 is 34.1 Å². The zero-order valence-corrected chi connectivity index (χ0v) is 13.0. The van der Waals surface area contributed by atoms with Crippen molar-refractivity contribution in [2.75, 3.05) is 26.0 Å². The number of likely N-dealkylation sites (N-methyl/N-ethyl adjacent to an activating group) is 1. The largest absolute Gasteiger partial charge is 0.464 e. The number of likely N-dealkylation sites (tertiary alicyclic amines) is 1. The molecule has 1 N–H and O–H groups in total. The van der Waals surface area contributed by atoms with E-state index in [-0.39, 0.29) is 28.3 Å². The van der Waals surface area contributed by atoms with Gasteiger partial charge in [-0.1, -0.05) is 11.3 Å². The molecule has 1 unspecified atom stereocenters. The fraction of sp³-hybridized carbons (Fsp3) is 0.538. The molecule has 2 rings (SSSR count). The van der Waals surface area contributed by atoms with Crippen LogP contribution >= 0.6 is 11.3 Å². The first-order chi connectivity index (χ1) is 9.92. The number of nitrogens with one attached hydrogen (secondary N) is 1. The quantitative estimate of drug-likeness (QED) is 0.663. The summed E-state index contributed by atoms with van der Waals surface area (Å²) in [6.07, 6.45) is 1.18. The summed E-state index contributed by atoms with van der Waals surface area (Å²) in [5.41, 5.74) is 0.0396. The van der Waals surface area contributed by atoms with Gasteiger partial charge in [-0.3, -0.25) is 9.59 Å². The lowest BCUT2D eigenvalue weighted by Crippen LogP contribution is -2.43. The number of hydrogen-bond acceptors (Lipinski definition) is 7. The molecular weight excluding hydrogens is 294 g/mol. The van der Waals surface area contributed by atoms with Gasteiger partial charge in [0.25, 0.3) is 0 Å². The number of carbonyl (C=O) groups is 3. The second-order valence-electron chi connectivity index (χ2n) is 4.90. The third kappa shape index (κ3) is 3.38. The molecule has 1 aromatic rings. The Kier molecular flexibility index (Phi) is 4.56. The summed E-state index contributed by atoms with van der Waals surface area (Å²) in [5.74, 6) is -0.732. The van der Waals surface area contributed by atoms with Crippen LogP contribution in [0.15, 0.2) is 0 Å². The Hall–Kier alpha value is -1.96. The van der Waals surface area contributed by atoms with Gasteiger partial charge in [-0.25, -0.2) is 9.78 Å². The highest BCUT2D eigenvalue weighted by Crippen LogP contribution is 2.26. The Morgan fingerprint density at radius 2 is 2.19 bits per heavy atom. The van der Waals surface area contributed by atoms with Gasteiger partial charge in [0.15, 0.2) is 16.6 Å². The minimum absolute atomic E-state index is 0.0396. The molecule has 0 saturated carbocycles. The Balaban J connectivity index is 2.15. The van der Waals surface area contributed by atoms with E-state index in [1.807, 2.05) is 0 Å². The molecule has 1 aliphatic heterocycles. The maximum absolute atomic E-state index is 11.6. The second kappa shape index (κ2) is 6.21. The number of aromatic nitrogens is 1. The van der Waals surface area contributed by atoms with Crippen LogP contribution in [0.4, 0.5) is 5.13 Å². The van der Waals surface area contributed by atoms with Crippen LogP contribution in [-0.4, -0.2) is 54.3 Å². The molecule has 1 aliphatic rings. The normalized spacial score (nSPS) is 18.5. The highest BCUT2D eigenvalue weighted by atomic mass is 32.1. The zero-order chi connectivity index (χ0) is 15.6. The van der Waals surface area contributed by atoms with Gasteiger partial charge in [0.2, 0.25) is 5.91 Å². The van der Waals surface area contributed by atoms with Crippen molar-refractivity contribution in [1.29, 1.82) is 0 Å². The molecule has 0 bridgehead atoms. The van der Waals surface area contributed by atoms with E-state index in [0.717, 1.165) is 11.3 Å². The summed E-state index contributed by atoms with van der Waals surface area (Å²) < 4.78 is 4.63. The van der Waals surface area contributed by atoms with Gasteiger partial charge in [0, 0.05) is 33.0 Å². The number of nitrogens with zero attached hydrogens (tertiary/aromatic N) is 2. The van der Waals surface area contributed by atoms with Gasteiger partial charge >= 0.3 is 5.97 Å². The van der Waals surface area contributed by atoms with Crippen molar-refractivity contribution in [2.45, 2.75) is 25.8 Å². The number of amides is 1. The first-order valence-corrected chi connectivity index (χ1v) is 7.34. The van der Waals surface area contributed by atoms with Gasteiger partial charge in [-0.2, -0.15) is 0 Å². The molecule has 0 radical (unpaired) electrons. The van der Waals surface area contributed by atoms with Crippen molar-refractivity contribution in [1.82, 2.24) is 9.88 Å². The highest BCUT2D eigenvalue weighted by molar-refractivity contribution is 7.17. The minimum atomic E-state index is -0.625. The first-order valence-electron chi connectivity index (χ1n) is 6.53. The maximum Gasteiger partial charge on any atom is 0.358 e. The number of hydrogen-bond donors (Lipinski definition) is 1. The summed E-state index contributed by atoms with van der Waals surface area (Å²) in [6.45, 7) is 1.96. The molecule has 7 nitrogen and oxygen atoms in total. The number of thiazole rings is 1. The lowest BCUT2D eigenvalue weighted by Gasteiger charge is -2.29. The summed E-state index contributed by atoms with van der Waals surface area (Å²) in [6, 6.07) is 0.0594. The number of esters is 1. The van der Waals surface area contributed by atoms with Crippen LogP contribution in [0, 0.1) is 0 Å². The number of piperidine rings is 1. The van der Waals surface area contributed by atoms with Crippen molar-refractivity contribution in [3.8, 4) is 0 Å². The molecule has 1 aromatic heterocycles. The molecule has 2 heterocycles. The maximum atomic E-state index is 11.6. The summed E-state index contributed by atoms with van der Waals surface area (Å²) in [4.78, 5) is 40.7. The lowest BCUT2D eigenvalue weighted by atomic mass is 10.1. The zero-order valence-electron chi connectivity index (χ0n) is 12.1. The van der Waals surface area contributed by atoms with Crippen LogP contribution in [0.1, 0.15) is 39.9 Å². The van der Waals surface area contributed by atoms with E-state index in [9.17, 15) is 14.4 Å². The smallest absolute Gasteiger partial charge is 0.358 e. The highest BCUT2D eigenvalue weighted by Gasteiger charge is 2.26. The monoisotopic (exact) mass is 311 g/mol. The molecule has 1 amide bonds. The molecule has 1 atom stereocenters. The first kappa shape index (κ1) is 15.4. The number of Topliss-reactive ketones (excluding diaryl/α,β-unsaturated/α-hetero) is 1. The molecule has 8 heteroatoms. The Labute approximate surface area is 126 Å². The Morgan fingerprint density at radius 1 is 1.48 bits per heavy atom. The van der Waals surface area contributed by atoms with Gasteiger partial charge in [-0.15, -0.1) is 0 Å². The van der Waals surface area contributed by atoms with Crippen LogP contribution in [0.2, 0.25) is 0 Å². The van der Waals surface area contributed by atoms with E-state index < -0.39 is 5.97 Å². The summed E-state index contributed by atoms with van der Waals surface area (Å²) in [5, 5.41) is 3.67. The van der Waals surface area contributed by atoms with Crippen LogP contribution in [-0.2, 0) is 9.53 Å². The van der Waals surface area contributed by atoms with E-state index in [1.165, 1.54) is 14.0 Å². The average Bonchev–Trinajstić information content (AvgIpc) is 2.86. The summed E-state index contributed by atoms with van der Waals surface area (Å²) in [7, 11) is 3.00. The second-order valence-corrected chi connectivity index (χ2v) is 5.90. The average molecular weight is 311 g/mol. The van der Waals surface area contributed by atoms with Crippen LogP contribution in [0.25, 0.3) is 0 Å². The van der Waals surface area contributed by atoms with Crippen molar-refractivity contribution in [2.24, 2.45) is 0 Å². The number of methoxy groups -OCH3 is 1. The SMILES string of the molecule is COC(=O)c1nc(NC2CCC(=O)N(C)C2)sc1C(C)=O. The van der Waals surface area contributed by atoms with Crippen LogP contribution in [0.3, 0.4) is 0 Å². The number of ether oxygens (including phenoxy) is 1. The van der Waals surface area contributed by atoms with Gasteiger partial charge in [-0.05, 0) is 6.42 Å². The van der Waals surface area contributed by atoms with E-state index in [0.29, 0.717) is 24.5 Å². The lowest BCUT2D eigenvalue weighted by molar-refractivity contribution is -0.132. The van der Waals surface area contributed by atoms with Gasteiger partial charge < -0.3 is 15.0 Å². The molecular formula is C13H17N3O4S. The molecule has 114 valence electrons. The Bertz CT molecular complexity index is 584. The molecule has 1 saturated heterocycles. The van der Waals surface area contributed by atoms with Crippen molar-refractivity contribution < 1.29 is 19.1 Å². The number of carbonyl (C=O) groups excluding carboxylic acids is 3. The van der Waals surface area contributed by atoms with Crippen LogP contribution in [0.5, 0.6) is 0 Å². The number of ketones is 1. The van der Waals surface area contributed by atoms with Crippen molar-refractivity contribution in [3.63, 3.8) is 0 Å². The van der Waals surface area contributed by atoms with Crippen molar-refractivity contribution in [3.05, 3.63) is 10.6 Å². The third-order valence-corrected chi connectivity index (χ3v) is 4.37. The predicted octanol–water partition coefficient (Wildman–Crippen LogP) is 1.16. The Morgan fingerprint density at radius 3 is 2.76 bits per heavy atom. The summed E-state index contributed by atoms with van der Waals surface area (Å²) >= 11 is 1.13. The molecule has 0 aliphatic carbocycles. The fourth-order valence-corrected chi connectivity index (χ4v) is 3.09. The van der Waals surface area contributed by atoms with E-state index in [1.54, 1.807) is 11.9 Å². The van der Waals surface area contributed by atoms with Crippen LogP contribution < -0.4 is 5.32 Å². The van der Waals surface area contributed by atoms with E-state index in [2.05, 4.69) is 15.0 Å². The molecule has 21 heavy (non-hydrogen) atoms. The predicted molar refractivity (Wildman–Crippen MR) is 77.7 cm³/mol. The topological polar surface area (TPSA) is 88.6 Å². The fourth-order valence-electron chi connectivity index (χ4n) is 2.16. The van der Waals surface area contributed by atoms with E-state index >= 15 is 0 Å². The minimum Gasteiger partial charge on any atom is -0.464 e. The van der Waals surface area contributed by atoms with Gasteiger partial charge in [0.1, 0.15) is 4.88 Å². The standard InChI is InChI=1S/C13H17N3O4S/c1-7(17)11-10(12(19)20-3)15-13(21-11)14-8-4-5-9(18)16(2)6-8/h8H,4-6H2,1-3H3,(H,14,15). The number of anilines is 1. The van der Waals surface area contributed by atoms with Gasteiger partial charge in [0.05, 0.1) is 7.11 Å². The number of rotatable bonds is 4. The van der Waals surface area contributed by atoms with E-state index in [4.69, 9.17) is 0 Å². The molecule has 0 aromatic carbocycles. The molecule has 1 fully saturated rings.